The first-order valence-electron chi connectivity index (χ1n) is 7.97. The maximum absolute atomic E-state index is 12.3. The number of nitrogens with one attached hydrogen (secondary N) is 1. The Balaban J connectivity index is 2.32. The summed E-state index contributed by atoms with van der Waals surface area (Å²) in [6.45, 7) is 4.12. The molecule has 6 nitrogen and oxygen atoms in total. The zero-order chi connectivity index (χ0) is 17.7. The molecule has 0 aliphatic heterocycles. The smallest absolute Gasteiger partial charge is 0.341 e. The van der Waals surface area contributed by atoms with Crippen LogP contribution in [-0.4, -0.2) is 24.5 Å². The molecule has 1 amide bonds. The summed E-state index contributed by atoms with van der Waals surface area (Å²) in [5.41, 5.74) is 1.35. The van der Waals surface area contributed by atoms with Gasteiger partial charge in [-0.05, 0) is 43.7 Å². The molecule has 2 rings (SSSR count). The van der Waals surface area contributed by atoms with Gasteiger partial charge in [0.2, 0.25) is 5.91 Å². The largest absolute Gasteiger partial charge is 0.545 e. The van der Waals surface area contributed by atoms with Gasteiger partial charge in [-0.15, -0.1) is 11.3 Å². The molecule has 0 saturated carbocycles. The van der Waals surface area contributed by atoms with E-state index in [1.54, 1.807) is 6.92 Å². The van der Waals surface area contributed by atoms with Crippen molar-refractivity contribution in [3.8, 4) is 0 Å². The fourth-order valence-corrected chi connectivity index (χ4v) is 4.16. The number of hydrogen-bond donors (Lipinski definition) is 1. The van der Waals surface area contributed by atoms with Gasteiger partial charge < -0.3 is 20.0 Å². The number of carbonyl (C=O) groups is 3. The van der Waals surface area contributed by atoms with Crippen LogP contribution in [0.1, 0.15) is 47.5 Å². The minimum absolute atomic E-state index is 0.249. The molecule has 0 saturated heterocycles. The summed E-state index contributed by atoms with van der Waals surface area (Å²) >= 11 is 1.37. The standard InChI is InChI=1S/C17H21NO5S/c1-3-10-5-6-11-12(9-10)24-16(15(11)17(22)23-4-2)18-13(19)7-8-14(20)21/h7-8,10H,3-6,9H2,1-2H3,(H,18,19)(H,20,21)/p-1/b8-7+. The highest BCUT2D eigenvalue weighted by Crippen LogP contribution is 2.40. The van der Waals surface area contributed by atoms with Crippen LogP contribution in [0.25, 0.3) is 0 Å². The van der Waals surface area contributed by atoms with E-state index in [4.69, 9.17) is 4.74 Å². The summed E-state index contributed by atoms with van der Waals surface area (Å²) < 4.78 is 5.12. The predicted molar refractivity (Wildman–Crippen MR) is 88.9 cm³/mol. The Bertz CT molecular complexity index is 677. The molecule has 1 aliphatic carbocycles. The number of esters is 1. The lowest BCUT2D eigenvalue weighted by molar-refractivity contribution is -0.297. The summed E-state index contributed by atoms with van der Waals surface area (Å²) in [4.78, 5) is 35.6. The third-order valence-corrected chi connectivity index (χ3v) is 5.20. The number of anilines is 1. The van der Waals surface area contributed by atoms with E-state index in [1.807, 2.05) is 0 Å². The lowest BCUT2D eigenvalue weighted by Gasteiger charge is -2.20. The second-order valence-corrected chi connectivity index (χ2v) is 6.69. The lowest BCUT2D eigenvalue weighted by Crippen LogP contribution is -2.20. The van der Waals surface area contributed by atoms with E-state index in [0.717, 1.165) is 42.2 Å². The molecular weight excluding hydrogens is 330 g/mol. The van der Waals surface area contributed by atoms with Crippen molar-refractivity contribution in [3.05, 3.63) is 28.2 Å². The van der Waals surface area contributed by atoms with Crippen LogP contribution < -0.4 is 10.4 Å². The van der Waals surface area contributed by atoms with Gasteiger partial charge in [-0.2, -0.15) is 0 Å². The van der Waals surface area contributed by atoms with E-state index >= 15 is 0 Å². The number of fused-ring (bicyclic) bond motifs is 1. The number of amides is 1. The van der Waals surface area contributed by atoms with Crippen LogP contribution in [0.5, 0.6) is 0 Å². The fraction of sp³-hybridized carbons (Fsp3) is 0.471. The monoisotopic (exact) mass is 350 g/mol. The van der Waals surface area contributed by atoms with Crippen LogP contribution in [0.4, 0.5) is 5.00 Å². The average molecular weight is 350 g/mol. The van der Waals surface area contributed by atoms with E-state index in [0.29, 0.717) is 22.6 Å². The number of carboxylic acids is 1. The van der Waals surface area contributed by atoms with E-state index in [-0.39, 0.29) is 6.61 Å². The molecular formula is C17H20NO5S-. The third-order valence-electron chi connectivity index (χ3n) is 4.03. The Hall–Kier alpha value is -2.15. The second-order valence-electron chi connectivity index (χ2n) is 5.59. The summed E-state index contributed by atoms with van der Waals surface area (Å²) in [5, 5.41) is 13.4. The molecule has 1 aliphatic rings. The Morgan fingerprint density at radius 2 is 2.08 bits per heavy atom. The molecule has 1 N–H and O–H groups in total. The second kappa shape index (κ2) is 8.10. The lowest BCUT2D eigenvalue weighted by atomic mass is 9.85. The van der Waals surface area contributed by atoms with E-state index in [2.05, 4.69) is 12.2 Å². The number of thiophene rings is 1. The van der Waals surface area contributed by atoms with Gasteiger partial charge in [-0.25, -0.2) is 4.79 Å². The minimum Gasteiger partial charge on any atom is -0.545 e. The van der Waals surface area contributed by atoms with Gasteiger partial charge in [0.1, 0.15) is 5.00 Å². The first-order valence-corrected chi connectivity index (χ1v) is 8.79. The van der Waals surface area contributed by atoms with Crippen LogP contribution >= 0.6 is 11.3 Å². The van der Waals surface area contributed by atoms with Gasteiger partial charge in [0.25, 0.3) is 0 Å². The van der Waals surface area contributed by atoms with Crippen molar-refractivity contribution in [3.63, 3.8) is 0 Å². The Kier molecular flexibility index (Phi) is 6.14. The first kappa shape index (κ1) is 18.2. The Morgan fingerprint density at radius 3 is 2.71 bits per heavy atom. The Morgan fingerprint density at radius 1 is 1.33 bits per heavy atom. The average Bonchev–Trinajstić information content (AvgIpc) is 2.89. The summed E-state index contributed by atoms with van der Waals surface area (Å²) in [7, 11) is 0. The molecule has 0 fully saturated rings. The predicted octanol–water partition coefficient (Wildman–Crippen LogP) is 1.68. The van der Waals surface area contributed by atoms with Crippen molar-refractivity contribution in [1.82, 2.24) is 0 Å². The highest BCUT2D eigenvalue weighted by Gasteiger charge is 2.29. The quantitative estimate of drug-likeness (QED) is 0.622. The van der Waals surface area contributed by atoms with Crippen molar-refractivity contribution in [1.29, 1.82) is 0 Å². The first-order chi connectivity index (χ1) is 11.5. The van der Waals surface area contributed by atoms with E-state index in [1.165, 1.54) is 11.3 Å². The molecule has 1 aromatic heterocycles. The minimum atomic E-state index is -1.45. The van der Waals surface area contributed by atoms with E-state index in [9.17, 15) is 19.5 Å². The van der Waals surface area contributed by atoms with Crippen molar-refractivity contribution >= 4 is 34.2 Å². The molecule has 0 aromatic carbocycles. The van der Waals surface area contributed by atoms with Crippen molar-refractivity contribution in [2.75, 3.05) is 11.9 Å². The van der Waals surface area contributed by atoms with Crippen LogP contribution in [-0.2, 0) is 27.2 Å². The van der Waals surface area contributed by atoms with Gasteiger partial charge >= 0.3 is 5.97 Å². The molecule has 7 heteroatoms. The van der Waals surface area contributed by atoms with Gasteiger partial charge in [-0.3, -0.25) is 4.79 Å². The zero-order valence-electron chi connectivity index (χ0n) is 13.7. The van der Waals surface area contributed by atoms with Crippen LogP contribution in [0.2, 0.25) is 0 Å². The Labute approximate surface area is 144 Å². The zero-order valence-corrected chi connectivity index (χ0v) is 14.5. The molecule has 0 bridgehead atoms. The summed E-state index contributed by atoms with van der Waals surface area (Å²) in [6, 6.07) is 0. The van der Waals surface area contributed by atoms with Crippen LogP contribution in [0.15, 0.2) is 12.2 Å². The maximum Gasteiger partial charge on any atom is 0.341 e. The van der Waals surface area contributed by atoms with Gasteiger partial charge in [0, 0.05) is 11.0 Å². The highest BCUT2D eigenvalue weighted by molar-refractivity contribution is 7.17. The van der Waals surface area contributed by atoms with Crippen LogP contribution in [0.3, 0.4) is 0 Å². The van der Waals surface area contributed by atoms with Gasteiger partial charge in [0.05, 0.1) is 18.1 Å². The number of carbonyl (C=O) groups excluding carboxylic acids is 3. The highest BCUT2D eigenvalue weighted by atomic mass is 32.1. The van der Waals surface area contributed by atoms with E-state index < -0.39 is 17.8 Å². The molecule has 0 radical (unpaired) electrons. The summed E-state index contributed by atoms with van der Waals surface area (Å²) in [5.74, 6) is -1.95. The number of ether oxygens (including phenoxy) is 1. The van der Waals surface area contributed by atoms with Gasteiger partial charge in [0.15, 0.2) is 0 Å². The van der Waals surface area contributed by atoms with Crippen LogP contribution in [0, 0.1) is 5.92 Å². The molecule has 24 heavy (non-hydrogen) atoms. The van der Waals surface area contributed by atoms with Crippen molar-refractivity contribution < 1.29 is 24.2 Å². The molecule has 1 aromatic rings. The maximum atomic E-state index is 12.3. The topological polar surface area (TPSA) is 95.5 Å². The molecule has 0 spiro atoms. The van der Waals surface area contributed by atoms with Crippen molar-refractivity contribution in [2.45, 2.75) is 39.5 Å². The SMILES string of the molecule is CCOC(=O)c1c(NC(=O)/C=C/C(=O)[O-])sc2c1CCC(CC)C2. The normalized spacial score (nSPS) is 16.7. The van der Waals surface area contributed by atoms with Crippen molar-refractivity contribution in [2.24, 2.45) is 5.92 Å². The molecule has 1 unspecified atom stereocenters. The molecule has 1 atom stereocenters. The number of hydrogen-bond acceptors (Lipinski definition) is 6. The number of carboxylic acid groups (broad SMARTS) is 1. The summed E-state index contributed by atoms with van der Waals surface area (Å²) in [6.07, 6.45) is 5.27. The number of aliphatic carboxylic acids is 1. The number of rotatable bonds is 6. The fourth-order valence-electron chi connectivity index (χ4n) is 2.81. The molecule has 130 valence electrons. The van der Waals surface area contributed by atoms with Gasteiger partial charge in [-0.1, -0.05) is 13.3 Å². The molecule has 1 heterocycles. The third kappa shape index (κ3) is 4.23.